The SMILES string of the molecule is C=CCS(=O)(=O)c1cccc(/C=C/c2ccc(=O)[nH]n2)c1. The van der Waals surface area contributed by atoms with Gasteiger partial charge in [0.05, 0.1) is 16.3 Å². The van der Waals surface area contributed by atoms with Crippen LogP contribution >= 0.6 is 0 Å². The number of benzene rings is 1. The maximum atomic E-state index is 11.9. The van der Waals surface area contributed by atoms with E-state index in [1.54, 1.807) is 42.5 Å². The van der Waals surface area contributed by atoms with Crippen molar-refractivity contribution in [1.29, 1.82) is 0 Å². The third-order valence-corrected chi connectivity index (χ3v) is 4.35. The van der Waals surface area contributed by atoms with Crippen molar-refractivity contribution in [3.8, 4) is 0 Å². The maximum absolute atomic E-state index is 11.9. The summed E-state index contributed by atoms with van der Waals surface area (Å²) in [4.78, 5) is 11.1. The van der Waals surface area contributed by atoms with Crippen LogP contribution in [0.4, 0.5) is 0 Å². The van der Waals surface area contributed by atoms with E-state index in [0.29, 0.717) is 5.69 Å². The Kier molecular flexibility index (Phi) is 4.49. The topological polar surface area (TPSA) is 79.9 Å². The van der Waals surface area contributed by atoms with Gasteiger partial charge in [-0.15, -0.1) is 6.58 Å². The van der Waals surface area contributed by atoms with Crippen LogP contribution in [0.5, 0.6) is 0 Å². The Hall–Kier alpha value is -2.47. The molecular weight excluding hydrogens is 288 g/mol. The highest BCUT2D eigenvalue weighted by molar-refractivity contribution is 7.91. The first-order valence-electron chi connectivity index (χ1n) is 6.19. The standard InChI is InChI=1S/C15H14N2O3S/c1-2-10-21(19,20)14-5-3-4-12(11-14)6-7-13-8-9-15(18)17-16-13/h2-9,11H,1,10H2,(H,17,18)/b7-6+. The van der Waals surface area contributed by atoms with Gasteiger partial charge in [-0.25, -0.2) is 13.5 Å². The summed E-state index contributed by atoms with van der Waals surface area (Å²) in [5.74, 6) is -0.0956. The Morgan fingerprint density at radius 2 is 2.00 bits per heavy atom. The van der Waals surface area contributed by atoms with Crippen LogP contribution in [-0.2, 0) is 9.84 Å². The van der Waals surface area contributed by atoms with E-state index >= 15 is 0 Å². The number of nitrogens with one attached hydrogen (secondary N) is 1. The van der Waals surface area contributed by atoms with Crippen molar-refractivity contribution in [3.05, 3.63) is 70.7 Å². The highest BCUT2D eigenvalue weighted by Crippen LogP contribution is 2.15. The van der Waals surface area contributed by atoms with Crippen molar-refractivity contribution >= 4 is 22.0 Å². The predicted octanol–water partition coefficient (Wildman–Crippen LogP) is 1.90. The molecule has 0 unspecified atom stereocenters. The molecule has 0 aliphatic heterocycles. The van der Waals surface area contributed by atoms with E-state index < -0.39 is 9.84 Å². The summed E-state index contributed by atoms with van der Waals surface area (Å²) >= 11 is 0. The number of aromatic amines is 1. The third kappa shape index (κ3) is 4.00. The number of aromatic nitrogens is 2. The van der Waals surface area contributed by atoms with E-state index in [4.69, 9.17) is 0 Å². The molecule has 0 atom stereocenters. The summed E-state index contributed by atoms with van der Waals surface area (Å²) < 4.78 is 23.9. The average Bonchev–Trinajstić information content (AvgIpc) is 2.47. The molecule has 2 aromatic rings. The molecule has 0 radical (unpaired) electrons. The van der Waals surface area contributed by atoms with Crippen molar-refractivity contribution in [3.63, 3.8) is 0 Å². The van der Waals surface area contributed by atoms with Crippen LogP contribution in [0.3, 0.4) is 0 Å². The second-order valence-corrected chi connectivity index (χ2v) is 6.36. The van der Waals surface area contributed by atoms with E-state index in [1.165, 1.54) is 12.1 Å². The van der Waals surface area contributed by atoms with Crippen LogP contribution in [0.2, 0.25) is 0 Å². The molecule has 0 saturated heterocycles. The van der Waals surface area contributed by atoms with Crippen LogP contribution in [-0.4, -0.2) is 24.4 Å². The van der Waals surface area contributed by atoms with E-state index in [-0.39, 0.29) is 16.2 Å². The van der Waals surface area contributed by atoms with Crippen molar-refractivity contribution in [2.45, 2.75) is 4.90 Å². The van der Waals surface area contributed by atoms with Crippen molar-refractivity contribution in [1.82, 2.24) is 10.2 Å². The molecule has 0 aliphatic carbocycles. The molecule has 0 saturated carbocycles. The Balaban J connectivity index is 2.27. The molecule has 1 aromatic carbocycles. The van der Waals surface area contributed by atoms with Gasteiger partial charge in [-0.2, -0.15) is 5.10 Å². The molecule has 21 heavy (non-hydrogen) atoms. The Bertz CT molecular complexity index is 815. The van der Waals surface area contributed by atoms with Gasteiger partial charge < -0.3 is 0 Å². The predicted molar refractivity (Wildman–Crippen MR) is 82.5 cm³/mol. The fraction of sp³-hybridized carbons (Fsp3) is 0.0667. The summed E-state index contributed by atoms with van der Waals surface area (Å²) in [6.45, 7) is 3.45. The lowest BCUT2D eigenvalue weighted by Gasteiger charge is -2.02. The van der Waals surface area contributed by atoms with Crippen LogP contribution in [0.1, 0.15) is 11.3 Å². The zero-order valence-corrected chi connectivity index (χ0v) is 12.0. The third-order valence-electron chi connectivity index (χ3n) is 2.70. The first-order chi connectivity index (χ1) is 10.0. The summed E-state index contributed by atoms with van der Waals surface area (Å²) in [5, 5.41) is 6.16. The zero-order chi connectivity index (χ0) is 15.3. The van der Waals surface area contributed by atoms with Crippen molar-refractivity contribution in [2.75, 3.05) is 5.75 Å². The number of rotatable bonds is 5. The summed E-state index contributed by atoms with van der Waals surface area (Å²) in [7, 11) is -3.34. The molecule has 1 N–H and O–H groups in total. The minimum Gasteiger partial charge on any atom is -0.268 e. The first kappa shape index (κ1) is 14.9. The van der Waals surface area contributed by atoms with Crippen molar-refractivity contribution < 1.29 is 8.42 Å². The van der Waals surface area contributed by atoms with E-state index in [1.807, 2.05) is 0 Å². The van der Waals surface area contributed by atoms with Gasteiger partial charge in [-0.3, -0.25) is 4.79 Å². The van der Waals surface area contributed by atoms with E-state index in [2.05, 4.69) is 16.8 Å². The number of sulfone groups is 1. The first-order valence-corrected chi connectivity index (χ1v) is 7.84. The average molecular weight is 302 g/mol. The van der Waals surface area contributed by atoms with Crippen LogP contribution in [0.15, 0.2) is 58.7 Å². The fourth-order valence-corrected chi connectivity index (χ4v) is 2.80. The molecule has 0 spiro atoms. The lowest BCUT2D eigenvalue weighted by Crippen LogP contribution is -2.05. The summed E-state index contributed by atoms with van der Waals surface area (Å²) in [6, 6.07) is 9.55. The summed E-state index contributed by atoms with van der Waals surface area (Å²) in [6.07, 6.45) is 4.78. The largest absolute Gasteiger partial charge is 0.268 e. The second-order valence-electron chi connectivity index (χ2n) is 4.32. The van der Waals surface area contributed by atoms with Gasteiger partial charge in [-0.05, 0) is 29.8 Å². The molecule has 0 aliphatic rings. The number of hydrogen-bond donors (Lipinski definition) is 1. The lowest BCUT2D eigenvalue weighted by atomic mass is 10.2. The Labute approximate surface area is 122 Å². The number of H-pyrrole nitrogens is 1. The van der Waals surface area contributed by atoms with Crippen LogP contribution in [0, 0.1) is 0 Å². The Morgan fingerprint density at radius 3 is 2.67 bits per heavy atom. The smallest absolute Gasteiger partial charge is 0.264 e. The Morgan fingerprint density at radius 1 is 1.19 bits per heavy atom. The maximum Gasteiger partial charge on any atom is 0.264 e. The molecular formula is C15H14N2O3S. The molecule has 5 nitrogen and oxygen atoms in total. The number of hydrogen-bond acceptors (Lipinski definition) is 4. The zero-order valence-electron chi connectivity index (χ0n) is 11.2. The van der Waals surface area contributed by atoms with Gasteiger partial charge in [-0.1, -0.05) is 24.3 Å². The molecule has 1 heterocycles. The van der Waals surface area contributed by atoms with Gasteiger partial charge in [0.15, 0.2) is 9.84 Å². The molecule has 0 bridgehead atoms. The van der Waals surface area contributed by atoms with E-state index in [9.17, 15) is 13.2 Å². The van der Waals surface area contributed by atoms with Crippen molar-refractivity contribution in [2.24, 2.45) is 0 Å². The second kappa shape index (κ2) is 6.32. The van der Waals surface area contributed by atoms with Gasteiger partial charge in [0.25, 0.3) is 5.56 Å². The molecule has 0 fully saturated rings. The lowest BCUT2D eigenvalue weighted by molar-refractivity contribution is 0.599. The van der Waals surface area contributed by atoms with E-state index in [0.717, 1.165) is 5.56 Å². The molecule has 108 valence electrons. The fourth-order valence-electron chi connectivity index (χ4n) is 1.69. The molecule has 0 amide bonds. The summed E-state index contributed by atoms with van der Waals surface area (Å²) in [5.41, 5.74) is 1.03. The van der Waals surface area contributed by atoms with Gasteiger partial charge in [0.1, 0.15) is 0 Å². The van der Waals surface area contributed by atoms with Crippen LogP contribution in [0.25, 0.3) is 12.2 Å². The minimum absolute atomic E-state index is 0.0956. The minimum atomic E-state index is -3.34. The van der Waals surface area contributed by atoms with Gasteiger partial charge in [0.2, 0.25) is 0 Å². The molecule has 6 heteroatoms. The highest BCUT2D eigenvalue weighted by Gasteiger charge is 2.11. The van der Waals surface area contributed by atoms with Crippen LogP contribution < -0.4 is 5.56 Å². The van der Waals surface area contributed by atoms with Gasteiger partial charge >= 0.3 is 0 Å². The number of nitrogens with zero attached hydrogens (tertiary/aromatic N) is 1. The molecule has 1 aromatic heterocycles. The monoisotopic (exact) mass is 302 g/mol. The normalized spacial score (nSPS) is 11.6. The quantitative estimate of drug-likeness (QED) is 0.855. The van der Waals surface area contributed by atoms with Gasteiger partial charge in [0, 0.05) is 6.07 Å². The highest BCUT2D eigenvalue weighted by atomic mass is 32.2. The molecule has 2 rings (SSSR count).